The van der Waals surface area contributed by atoms with Crippen LogP contribution in [0.1, 0.15) is 41.6 Å². The summed E-state index contributed by atoms with van der Waals surface area (Å²) >= 11 is 0. The van der Waals surface area contributed by atoms with E-state index in [1.807, 2.05) is 53.4 Å². The quantitative estimate of drug-likeness (QED) is 0.630. The van der Waals surface area contributed by atoms with Gasteiger partial charge >= 0.3 is 0 Å². The van der Waals surface area contributed by atoms with Gasteiger partial charge in [-0.25, -0.2) is 9.97 Å². The summed E-state index contributed by atoms with van der Waals surface area (Å²) in [6.45, 7) is 2.31. The molecular formula is C24H26N4O. The van der Waals surface area contributed by atoms with Gasteiger partial charge in [0, 0.05) is 31.2 Å². The number of anilines is 2. The summed E-state index contributed by atoms with van der Waals surface area (Å²) in [5.41, 5.74) is 2.75. The number of nitrogens with zero attached hydrogens (tertiary/aromatic N) is 4. The van der Waals surface area contributed by atoms with Gasteiger partial charge in [0.2, 0.25) is 5.95 Å². The van der Waals surface area contributed by atoms with Crippen LogP contribution in [0.5, 0.6) is 0 Å². The van der Waals surface area contributed by atoms with Gasteiger partial charge in [-0.15, -0.1) is 0 Å². The van der Waals surface area contributed by atoms with E-state index in [9.17, 15) is 4.79 Å². The number of para-hydroxylation sites is 1. The van der Waals surface area contributed by atoms with Gasteiger partial charge in [0.25, 0.3) is 5.91 Å². The lowest BCUT2D eigenvalue weighted by Gasteiger charge is -2.24. The fourth-order valence-corrected chi connectivity index (χ4v) is 3.68. The van der Waals surface area contributed by atoms with Crippen molar-refractivity contribution in [1.29, 1.82) is 0 Å². The smallest absolute Gasteiger partial charge is 0.256 e. The van der Waals surface area contributed by atoms with Crippen LogP contribution >= 0.6 is 0 Å². The Balaban J connectivity index is 1.57. The van der Waals surface area contributed by atoms with E-state index in [0.717, 1.165) is 31.6 Å². The second kappa shape index (κ2) is 9.32. The van der Waals surface area contributed by atoms with Gasteiger partial charge in [-0.3, -0.25) is 4.79 Å². The van der Waals surface area contributed by atoms with Crippen molar-refractivity contribution >= 4 is 17.5 Å². The van der Waals surface area contributed by atoms with Crippen LogP contribution in [0, 0.1) is 0 Å². The van der Waals surface area contributed by atoms with Crippen molar-refractivity contribution in [3.8, 4) is 0 Å². The van der Waals surface area contributed by atoms with E-state index in [1.165, 1.54) is 18.4 Å². The molecule has 1 aromatic heterocycles. The predicted molar refractivity (Wildman–Crippen MR) is 115 cm³/mol. The molecule has 0 radical (unpaired) electrons. The van der Waals surface area contributed by atoms with Crippen LogP contribution in [0.4, 0.5) is 11.6 Å². The number of benzene rings is 2. The van der Waals surface area contributed by atoms with Crippen molar-refractivity contribution < 1.29 is 4.79 Å². The van der Waals surface area contributed by atoms with E-state index >= 15 is 0 Å². The Labute approximate surface area is 172 Å². The Kier molecular flexibility index (Phi) is 6.15. The van der Waals surface area contributed by atoms with E-state index < -0.39 is 0 Å². The largest absolute Gasteiger partial charge is 0.339 e. The molecule has 0 bridgehead atoms. The van der Waals surface area contributed by atoms with Crippen LogP contribution in [0.2, 0.25) is 0 Å². The third-order valence-electron chi connectivity index (χ3n) is 5.27. The molecule has 0 aliphatic carbocycles. The number of likely N-dealkylation sites (tertiary alicyclic amines) is 1. The van der Waals surface area contributed by atoms with Crippen molar-refractivity contribution in [2.45, 2.75) is 32.2 Å². The molecule has 5 heteroatoms. The lowest BCUT2D eigenvalue weighted by atomic mass is 10.2. The van der Waals surface area contributed by atoms with Gasteiger partial charge in [-0.2, -0.15) is 0 Å². The number of aromatic nitrogens is 2. The minimum atomic E-state index is 0.0350. The number of hydrogen-bond donors (Lipinski definition) is 0. The molecule has 0 unspecified atom stereocenters. The van der Waals surface area contributed by atoms with Gasteiger partial charge in [0.1, 0.15) is 0 Å². The third-order valence-corrected chi connectivity index (χ3v) is 5.27. The fourth-order valence-electron chi connectivity index (χ4n) is 3.68. The lowest BCUT2D eigenvalue weighted by Crippen LogP contribution is -2.32. The second-order valence-corrected chi connectivity index (χ2v) is 7.39. The average Bonchev–Trinajstić information content (AvgIpc) is 3.08. The summed E-state index contributed by atoms with van der Waals surface area (Å²) in [6.07, 6.45) is 7.87. The number of amides is 1. The molecule has 29 heavy (non-hydrogen) atoms. The average molecular weight is 386 g/mol. The van der Waals surface area contributed by atoms with Gasteiger partial charge in [0.05, 0.1) is 12.1 Å². The Morgan fingerprint density at radius 3 is 2.03 bits per heavy atom. The summed E-state index contributed by atoms with van der Waals surface area (Å²) < 4.78 is 0. The summed E-state index contributed by atoms with van der Waals surface area (Å²) in [5, 5.41) is 0. The number of carbonyl (C=O) groups excluding carboxylic acids is 1. The molecule has 148 valence electrons. The first-order chi connectivity index (χ1) is 14.3. The third kappa shape index (κ3) is 4.80. The molecule has 2 aromatic carbocycles. The van der Waals surface area contributed by atoms with E-state index in [-0.39, 0.29) is 5.91 Å². The van der Waals surface area contributed by atoms with Crippen molar-refractivity contribution in [2.75, 3.05) is 18.0 Å². The lowest BCUT2D eigenvalue weighted by molar-refractivity contribution is 0.0761. The highest BCUT2D eigenvalue weighted by atomic mass is 16.2. The molecule has 2 heterocycles. The highest BCUT2D eigenvalue weighted by molar-refractivity contribution is 5.93. The van der Waals surface area contributed by atoms with Gasteiger partial charge in [-0.05, 0) is 30.5 Å². The molecule has 0 spiro atoms. The highest BCUT2D eigenvalue weighted by Gasteiger charge is 2.19. The number of carbonyl (C=O) groups is 1. The molecule has 1 amide bonds. The number of hydrogen-bond acceptors (Lipinski definition) is 4. The monoisotopic (exact) mass is 386 g/mol. The molecular weight excluding hydrogens is 360 g/mol. The SMILES string of the molecule is O=C(c1cnc(N(Cc2ccccc2)c2ccccc2)nc1)N1CCCCCC1. The van der Waals surface area contributed by atoms with Crippen LogP contribution < -0.4 is 4.90 Å². The normalized spacial score (nSPS) is 14.3. The maximum atomic E-state index is 12.8. The maximum absolute atomic E-state index is 12.8. The zero-order chi connectivity index (χ0) is 19.9. The van der Waals surface area contributed by atoms with Crippen molar-refractivity contribution in [3.05, 3.63) is 84.2 Å². The Morgan fingerprint density at radius 1 is 0.828 bits per heavy atom. The van der Waals surface area contributed by atoms with Gasteiger partial charge < -0.3 is 9.80 Å². The molecule has 0 saturated carbocycles. The molecule has 3 aromatic rings. The van der Waals surface area contributed by atoms with Crippen LogP contribution in [0.3, 0.4) is 0 Å². The van der Waals surface area contributed by atoms with Crippen molar-refractivity contribution in [1.82, 2.24) is 14.9 Å². The molecule has 1 aliphatic heterocycles. The van der Waals surface area contributed by atoms with Crippen LogP contribution in [-0.2, 0) is 6.54 Å². The molecule has 1 fully saturated rings. The summed E-state index contributed by atoms with van der Waals surface area (Å²) in [4.78, 5) is 25.9. The summed E-state index contributed by atoms with van der Waals surface area (Å²) in [7, 11) is 0. The topological polar surface area (TPSA) is 49.3 Å². The first kappa shape index (κ1) is 19.1. The highest BCUT2D eigenvalue weighted by Crippen LogP contribution is 2.24. The molecule has 4 rings (SSSR count). The molecule has 5 nitrogen and oxygen atoms in total. The predicted octanol–water partition coefficient (Wildman–Crippen LogP) is 4.83. The summed E-state index contributed by atoms with van der Waals surface area (Å²) in [6, 6.07) is 20.3. The molecule has 0 N–H and O–H groups in total. The summed E-state index contributed by atoms with van der Waals surface area (Å²) in [5.74, 6) is 0.625. The van der Waals surface area contributed by atoms with Crippen molar-refractivity contribution in [3.63, 3.8) is 0 Å². The van der Waals surface area contributed by atoms with Crippen LogP contribution in [-0.4, -0.2) is 33.9 Å². The zero-order valence-corrected chi connectivity index (χ0v) is 16.6. The molecule has 1 aliphatic rings. The second-order valence-electron chi connectivity index (χ2n) is 7.39. The molecule has 1 saturated heterocycles. The van der Waals surface area contributed by atoms with Crippen LogP contribution in [0.25, 0.3) is 0 Å². The number of rotatable bonds is 5. The van der Waals surface area contributed by atoms with Gasteiger partial charge in [0.15, 0.2) is 0 Å². The first-order valence-electron chi connectivity index (χ1n) is 10.3. The first-order valence-corrected chi connectivity index (χ1v) is 10.3. The fraction of sp³-hybridized carbons (Fsp3) is 0.292. The van der Waals surface area contributed by atoms with E-state index in [4.69, 9.17) is 0 Å². The van der Waals surface area contributed by atoms with Crippen LogP contribution in [0.15, 0.2) is 73.1 Å². The van der Waals surface area contributed by atoms with E-state index in [1.54, 1.807) is 12.4 Å². The van der Waals surface area contributed by atoms with Crippen molar-refractivity contribution in [2.24, 2.45) is 0 Å². The molecule has 0 atom stereocenters. The maximum Gasteiger partial charge on any atom is 0.256 e. The zero-order valence-electron chi connectivity index (χ0n) is 16.6. The Bertz CT molecular complexity index is 905. The Hall–Kier alpha value is -3.21. The van der Waals surface area contributed by atoms with Gasteiger partial charge in [-0.1, -0.05) is 61.4 Å². The van der Waals surface area contributed by atoms with E-state index in [0.29, 0.717) is 18.1 Å². The Morgan fingerprint density at radius 2 is 1.41 bits per heavy atom. The standard InChI is InChI=1S/C24H26N4O/c29-23(27-15-9-1-2-10-16-27)21-17-25-24(26-18-21)28(22-13-7-4-8-14-22)19-20-11-5-3-6-12-20/h3-8,11-14,17-18H,1-2,9-10,15-16,19H2. The van der Waals surface area contributed by atoms with E-state index in [2.05, 4.69) is 27.0 Å². The minimum absolute atomic E-state index is 0.0350. The minimum Gasteiger partial charge on any atom is -0.339 e.